The Morgan fingerprint density at radius 3 is 2.61 bits per heavy atom. The fourth-order valence-corrected chi connectivity index (χ4v) is 3.98. The topological polar surface area (TPSA) is 81.1 Å². The number of rotatable bonds is 8. The Labute approximate surface area is 181 Å². The van der Waals surface area contributed by atoms with Crippen molar-refractivity contribution in [2.24, 2.45) is 0 Å². The van der Waals surface area contributed by atoms with Crippen LogP contribution in [0.3, 0.4) is 0 Å². The van der Waals surface area contributed by atoms with Crippen molar-refractivity contribution in [2.75, 3.05) is 6.67 Å². The van der Waals surface area contributed by atoms with E-state index in [-0.39, 0.29) is 12.2 Å². The Morgan fingerprint density at radius 2 is 1.94 bits per heavy atom. The lowest BCUT2D eigenvalue weighted by Crippen LogP contribution is -2.44. The number of Topliss-reactive ketones (excluding diaryl/α,β-unsaturated/α-hetero) is 1. The van der Waals surface area contributed by atoms with Crippen LogP contribution in [0.15, 0.2) is 63.4 Å². The van der Waals surface area contributed by atoms with Crippen LogP contribution in [-0.4, -0.2) is 34.0 Å². The van der Waals surface area contributed by atoms with Crippen molar-refractivity contribution in [2.45, 2.75) is 42.1 Å². The third-order valence-electron chi connectivity index (χ3n) is 4.78. The number of halogens is 2. The minimum absolute atomic E-state index is 0.271. The number of amides is 1. The van der Waals surface area contributed by atoms with E-state index in [0.717, 1.165) is 4.90 Å². The maximum absolute atomic E-state index is 13.4. The molecule has 2 atom stereocenters. The molecular formula is C22H21F2N3O3S. The SMILES string of the molecule is CC[C@@H](C(=O)NC(C)C(=O)CF)n1cnc2ccc(Sc3cccc(F)c3)cc2c1=O. The van der Waals surface area contributed by atoms with Crippen molar-refractivity contribution in [3.63, 3.8) is 0 Å². The van der Waals surface area contributed by atoms with Crippen molar-refractivity contribution in [3.05, 3.63) is 65.0 Å². The molecule has 0 spiro atoms. The quantitative estimate of drug-likeness (QED) is 0.572. The van der Waals surface area contributed by atoms with Crippen LogP contribution in [0.2, 0.25) is 0 Å². The van der Waals surface area contributed by atoms with Crippen molar-refractivity contribution in [1.29, 1.82) is 0 Å². The molecule has 6 nitrogen and oxygen atoms in total. The predicted octanol–water partition coefficient (Wildman–Crippen LogP) is 3.68. The molecule has 3 rings (SSSR count). The molecule has 1 amide bonds. The number of hydrogen-bond acceptors (Lipinski definition) is 5. The Hall–Kier alpha value is -3.07. The number of carbonyl (C=O) groups is 2. The summed E-state index contributed by atoms with van der Waals surface area (Å²) in [6.45, 7) is 1.93. The smallest absolute Gasteiger partial charge is 0.261 e. The second-order valence-corrected chi connectivity index (χ2v) is 8.10. The lowest BCUT2D eigenvalue weighted by atomic mass is 10.1. The summed E-state index contributed by atoms with van der Waals surface area (Å²) in [5, 5.41) is 2.76. The standard InChI is InChI=1S/C22H21F2N3O3S/c1-3-19(21(29)26-13(2)20(28)11-23)27-12-25-18-8-7-16(10-17(18)22(27)30)31-15-6-4-5-14(24)9-15/h4-10,12-13,19H,3,11H2,1-2H3,(H,26,29)/t13?,19-/m0/s1. The van der Waals surface area contributed by atoms with Gasteiger partial charge in [-0.15, -0.1) is 0 Å². The average molecular weight is 445 g/mol. The number of benzene rings is 2. The van der Waals surface area contributed by atoms with E-state index in [0.29, 0.717) is 15.8 Å². The third kappa shape index (κ3) is 5.16. The summed E-state index contributed by atoms with van der Waals surface area (Å²) in [5.41, 5.74) is 0.0410. The van der Waals surface area contributed by atoms with Gasteiger partial charge in [0.15, 0.2) is 5.78 Å². The summed E-state index contributed by atoms with van der Waals surface area (Å²) in [6, 6.07) is 9.33. The number of nitrogens with zero attached hydrogens (tertiary/aromatic N) is 2. The molecular weight excluding hydrogens is 424 g/mol. The molecule has 0 aliphatic rings. The second-order valence-electron chi connectivity index (χ2n) is 6.95. The largest absolute Gasteiger partial charge is 0.345 e. The monoisotopic (exact) mass is 445 g/mol. The summed E-state index contributed by atoms with van der Waals surface area (Å²) in [4.78, 5) is 42.9. The van der Waals surface area contributed by atoms with E-state index in [4.69, 9.17) is 0 Å². The van der Waals surface area contributed by atoms with E-state index < -0.39 is 36.0 Å². The van der Waals surface area contributed by atoms with Crippen LogP contribution in [0.5, 0.6) is 0 Å². The first-order valence-electron chi connectivity index (χ1n) is 9.67. The zero-order chi connectivity index (χ0) is 22.5. The van der Waals surface area contributed by atoms with Gasteiger partial charge in [0.1, 0.15) is 18.5 Å². The van der Waals surface area contributed by atoms with Crippen LogP contribution >= 0.6 is 11.8 Å². The highest BCUT2D eigenvalue weighted by Gasteiger charge is 2.24. The number of ketones is 1. The summed E-state index contributed by atoms with van der Waals surface area (Å²) < 4.78 is 27.2. The van der Waals surface area contributed by atoms with Gasteiger partial charge in [-0.25, -0.2) is 13.8 Å². The van der Waals surface area contributed by atoms with E-state index >= 15 is 0 Å². The van der Waals surface area contributed by atoms with Gasteiger partial charge < -0.3 is 5.32 Å². The molecule has 0 bridgehead atoms. The molecule has 9 heteroatoms. The second kappa shape index (κ2) is 9.82. The highest BCUT2D eigenvalue weighted by molar-refractivity contribution is 7.99. The van der Waals surface area contributed by atoms with Gasteiger partial charge in [-0.05, 0) is 49.7 Å². The van der Waals surface area contributed by atoms with E-state index in [9.17, 15) is 23.2 Å². The van der Waals surface area contributed by atoms with E-state index in [1.54, 1.807) is 37.3 Å². The van der Waals surface area contributed by atoms with Gasteiger partial charge in [-0.2, -0.15) is 0 Å². The molecule has 1 unspecified atom stereocenters. The van der Waals surface area contributed by atoms with Gasteiger partial charge in [-0.1, -0.05) is 24.8 Å². The fourth-order valence-electron chi connectivity index (χ4n) is 3.08. The molecule has 0 saturated heterocycles. The summed E-state index contributed by atoms with van der Waals surface area (Å²) >= 11 is 1.30. The highest BCUT2D eigenvalue weighted by atomic mass is 32.2. The van der Waals surface area contributed by atoms with Gasteiger partial charge in [0.25, 0.3) is 5.56 Å². The molecule has 162 valence electrons. The predicted molar refractivity (Wildman–Crippen MR) is 114 cm³/mol. The van der Waals surface area contributed by atoms with Gasteiger partial charge in [0, 0.05) is 9.79 Å². The first-order valence-corrected chi connectivity index (χ1v) is 10.5. The third-order valence-corrected chi connectivity index (χ3v) is 5.76. The Bertz CT molecular complexity index is 1180. The molecule has 3 aromatic rings. The number of fused-ring (bicyclic) bond motifs is 1. The van der Waals surface area contributed by atoms with E-state index in [1.165, 1.54) is 41.7 Å². The van der Waals surface area contributed by atoms with Crippen molar-refractivity contribution < 1.29 is 18.4 Å². The molecule has 1 aromatic heterocycles. The van der Waals surface area contributed by atoms with Crippen LogP contribution in [0.4, 0.5) is 8.78 Å². The number of hydrogen-bond donors (Lipinski definition) is 1. The van der Waals surface area contributed by atoms with Crippen LogP contribution in [-0.2, 0) is 9.59 Å². The minimum Gasteiger partial charge on any atom is -0.345 e. The first-order chi connectivity index (χ1) is 14.8. The maximum atomic E-state index is 13.4. The van der Waals surface area contributed by atoms with E-state index in [2.05, 4.69) is 10.3 Å². The molecule has 0 aliphatic carbocycles. The van der Waals surface area contributed by atoms with Gasteiger partial charge >= 0.3 is 0 Å². The normalized spacial score (nSPS) is 13.0. The number of carbonyl (C=O) groups excluding carboxylic acids is 2. The first kappa shape index (κ1) is 22.6. The van der Waals surface area contributed by atoms with Crippen LogP contribution in [0.25, 0.3) is 10.9 Å². The molecule has 0 radical (unpaired) electrons. The fraction of sp³-hybridized carbons (Fsp3) is 0.273. The molecule has 0 aliphatic heterocycles. The van der Waals surface area contributed by atoms with Gasteiger partial charge in [0.2, 0.25) is 5.91 Å². The van der Waals surface area contributed by atoms with Crippen LogP contribution < -0.4 is 10.9 Å². The van der Waals surface area contributed by atoms with Crippen LogP contribution in [0, 0.1) is 5.82 Å². The summed E-state index contributed by atoms with van der Waals surface area (Å²) in [6.07, 6.45) is 1.56. The average Bonchev–Trinajstić information content (AvgIpc) is 2.75. The van der Waals surface area contributed by atoms with Crippen molar-refractivity contribution >= 4 is 34.4 Å². The Morgan fingerprint density at radius 1 is 1.19 bits per heavy atom. The summed E-state index contributed by atoms with van der Waals surface area (Å²) in [7, 11) is 0. The molecule has 1 heterocycles. The van der Waals surface area contributed by atoms with Gasteiger partial charge in [0.05, 0.1) is 23.3 Å². The molecule has 0 fully saturated rings. The number of alkyl halides is 1. The maximum Gasteiger partial charge on any atom is 0.261 e. The zero-order valence-corrected chi connectivity index (χ0v) is 17.8. The molecule has 0 saturated carbocycles. The van der Waals surface area contributed by atoms with Crippen molar-refractivity contribution in [3.8, 4) is 0 Å². The Balaban J connectivity index is 1.93. The zero-order valence-electron chi connectivity index (χ0n) is 17.0. The van der Waals surface area contributed by atoms with Crippen molar-refractivity contribution in [1.82, 2.24) is 14.9 Å². The van der Waals surface area contributed by atoms with E-state index in [1.807, 2.05) is 0 Å². The van der Waals surface area contributed by atoms with Crippen LogP contribution in [0.1, 0.15) is 26.3 Å². The Kier molecular flexibility index (Phi) is 7.17. The highest BCUT2D eigenvalue weighted by Crippen LogP contribution is 2.29. The molecule has 1 N–H and O–H groups in total. The molecule has 2 aromatic carbocycles. The minimum atomic E-state index is -1.18. The summed E-state index contributed by atoms with van der Waals surface area (Å²) in [5.74, 6) is -1.66. The lowest BCUT2D eigenvalue weighted by Gasteiger charge is -2.20. The van der Waals surface area contributed by atoms with Gasteiger partial charge in [-0.3, -0.25) is 19.0 Å². The molecule has 31 heavy (non-hydrogen) atoms. The number of aromatic nitrogens is 2. The number of nitrogens with one attached hydrogen (secondary N) is 1. The lowest BCUT2D eigenvalue weighted by molar-refractivity contribution is -0.129.